The van der Waals surface area contributed by atoms with Gasteiger partial charge in [0.2, 0.25) is 10.3 Å². The first-order valence-electron chi connectivity index (χ1n) is 8.14. The van der Waals surface area contributed by atoms with Crippen molar-refractivity contribution in [3.63, 3.8) is 0 Å². The molecule has 3 aromatic rings. The van der Waals surface area contributed by atoms with Crippen molar-refractivity contribution in [2.75, 3.05) is 11.5 Å². The molecule has 0 atom stereocenters. The maximum atomic E-state index is 12.6. The van der Waals surface area contributed by atoms with Crippen molar-refractivity contribution in [2.24, 2.45) is 10.2 Å². The number of H-pyrrole nitrogens is 1. The Balaban J connectivity index is 0.00000272. The summed E-state index contributed by atoms with van der Waals surface area (Å²) in [5.41, 5.74) is 0.0556. The number of azo groups is 1. The third-order valence-corrected chi connectivity index (χ3v) is 7.00. The molecule has 2 heterocycles. The van der Waals surface area contributed by atoms with E-state index in [0.717, 1.165) is 40.1 Å². The van der Waals surface area contributed by atoms with Crippen LogP contribution in [0.25, 0.3) is 5.69 Å². The molecule has 33 heavy (non-hydrogen) atoms. The first kappa shape index (κ1) is 30.6. The molecule has 1 N–H and O–H groups in total. The number of aromatic amines is 1. The van der Waals surface area contributed by atoms with Gasteiger partial charge in [0.1, 0.15) is 10.1 Å². The van der Waals surface area contributed by atoms with Crippen LogP contribution in [0, 0.1) is 6.92 Å². The average molecular weight is 551 g/mol. The Kier molecular flexibility index (Phi) is 11.6. The van der Waals surface area contributed by atoms with Crippen molar-refractivity contribution in [1.29, 1.82) is 0 Å². The number of rotatable bonds is 8. The van der Waals surface area contributed by atoms with E-state index in [1.807, 2.05) is 0 Å². The third-order valence-electron chi connectivity index (χ3n) is 3.62. The molecule has 1 aromatic carbocycles. The van der Waals surface area contributed by atoms with Gasteiger partial charge in [0.25, 0.3) is 5.56 Å². The number of nitrogens with one attached hydrogen (secondary N) is 1. The van der Waals surface area contributed by atoms with Crippen LogP contribution in [0.3, 0.4) is 0 Å². The molecule has 166 valence electrons. The molecule has 0 aliphatic carbocycles. The molecule has 0 amide bonds. The van der Waals surface area contributed by atoms with Gasteiger partial charge >= 0.3 is 59.1 Å². The molecule has 0 saturated heterocycles. The molecule has 0 saturated carbocycles. The van der Waals surface area contributed by atoms with Gasteiger partial charge < -0.3 is 9.11 Å². The van der Waals surface area contributed by atoms with Crippen molar-refractivity contribution in [2.45, 2.75) is 17.0 Å². The quantitative estimate of drug-likeness (QED) is 0.123. The van der Waals surface area contributed by atoms with Gasteiger partial charge in [0.15, 0.2) is 5.69 Å². The molecule has 13 nitrogen and oxygen atoms in total. The van der Waals surface area contributed by atoms with Gasteiger partial charge in [0.05, 0.1) is 26.4 Å². The Morgan fingerprint density at radius 3 is 2.33 bits per heavy atom. The van der Waals surface area contributed by atoms with Crippen molar-refractivity contribution < 1.29 is 85.1 Å². The molecule has 0 bridgehead atoms. The zero-order chi connectivity index (χ0) is 22.8. The van der Waals surface area contributed by atoms with E-state index in [-0.39, 0.29) is 86.5 Å². The summed E-state index contributed by atoms with van der Waals surface area (Å²) < 4.78 is 69.9. The summed E-state index contributed by atoms with van der Waals surface area (Å²) in [6.07, 6.45) is 0. The SMILES string of the molecule is Cc1[nH]n(-c2ccc(S(=O)(=O)[O-])cc2)c(=O)c1N=Nc1nc(SCCS(=O)(=O)[O-])ns1.[Na+].[Na+]. The fourth-order valence-electron chi connectivity index (χ4n) is 2.23. The van der Waals surface area contributed by atoms with Crippen LogP contribution in [0.5, 0.6) is 0 Å². The maximum Gasteiger partial charge on any atom is 1.00 e. The smallest absolute Gasteiger partial charge is 0.748 e. The first-order chi connectivity index (χ1) is 14.4. The monoisotopic (exact) mass is 550 g/mol. The van der Waals surface area contributed by atoms with E-state index >= 15 is 0 Å². The second-order valence-electron chi connectivity index (χ2n) is 5.84. The van der Waals surface area contributed by atoms with Crippen LogP contribution < -0.4 is 64.7 Å². The van der Waals surface area contributed by atoms with Crippen LogP contribution in [0.2, 0.25) is 0 Å². The van der Waals surface area contributed by atoms with Crippen LogP contribution in [-0.4, -0.2) is 56.6 Å². The van der Waals surface area contributed by atoms with Crippen molar-refractivity contribution >= 4 is 54.3 Å². The fourth-order valence-corrected chi connectivity index (χ4v) is 4.97. The largest absolute Gasteiger partial charge is 1.00 e. The van der Waals surface area contributed by atoms with Crippen LogP contribution in [0.4, 0.5) is 10.8 Å². The Morgan fingerprint density at radius 1 is 1.12 bits per heavy atom. The maximum absolute atomic E-state index is 12.6. The molecule has 0 aliphatic heterocycles. The number of benzene rings is 1. The number of hydrogen-bond donors (Lipinski definition) is 1. The molecule has 19 heteroatoms. The van der Waals surface area contributed by atoms with E-state index in [4.69, 9.17) is 0 Å². The number of nitrogens with zero attached hydrogens (tertiary/aromatic N) is 5. The van der Waals surface area contributed by atoms with Crippen molar-refractivity contribution in [1.82, 2.24) is 19.1 Å². The van der Waals surface area contributed by atoms with Gasteiger partial charge in [0, 0.05) is 23.0 Å². The second kappa shape index (κ2) is 12.5. The minimum Gasteiger partial charge on any atom is -0.748 e. The van der Waals surface area contributed by atoms with Gasteiger partial charge in [-0.1, -0.05) is 11.8 Å². The zero-order valence-electron chi connectivity index (χ0n) is 17.5. The molecule has 0 spiro atoms. The van der Waals surface area contributed by atoms with Gasteiger partial charge in [-0.2, -0.15) is 9.36 Å². The Labute approximate surface area is 240 Å². The normalized spacial score (nSPS) is 11.8. The van der Waals surface area contributed by atoms with E-state index in [2.05, 4.69) is 24.7 Å². The average Bonchev–Trinajstić information content (AvgIpc) is 3.23. The van der Waals surface area contributed by atoms with Crippen molar-refractivity contribution in [3.8, 4) is 5.69 Å². The van der Waals surface area contributed by atoms with E-state index in [1.165, 1.54) is 12.1 Å². The van der Waals surface area contributed by atoms with E-state index in [1.54, 1.807) is 6.92 Å². The second-order valence-corrected chi connectivity index (χ2v) is 10.5. The fraction of sp³-hybridized carbons (Fsp3) is 0.214. The summed E-state index contributed by atoms with van der Waals surface area (Å²) in [5.74, 6) is -0.565. The molecule has 0 unspecified atom stereocenters. The zero-order valence-corrected chi connectivity index (χ0v) is 24.7. The van der Waals surface area contributed by atoms with E-state index in [0.29, 0.717) is 5.69 Å². The van der Waals surface area contributed by atoms with Gasteiger partial charge in [-0.3, -0.25) is 9.89 Å². The number of aryl methyl sites for hydroxylation is 1. The number of hydrogen-bond acceptors (Lipinski definition) is 13. The summed E-state index contributed by atoms with van der Waals surface area (Å²) >= 11 is 1.84. The van der Waals surface area contributed by atoms with Crippen LogP contribution in [0.15, 0.2) is 49.3 Å². The van der Waals surface area contributed by atoms with Crippen LogP contribution >= 0.6 is 23.3 Å². The Bertz CT molecular complexity index is 1400. The molecular formula is C14H12N6Na2O7S4. The number of aromatic nitrogens is 4. The molecule has 0 aliphatic rings. The summed E-state index contributed by atoms with van der Waals surface area (Å²) in [7, 11) is -8.93. The molecular weight excluding hydrogens is 538 g/mol. The summed E-state index contributed by atoms with van der Waals surface area (Å²) in [6.45, 7) is 1.58. The summed E-state index contributed by atoms with van der Waals surface area (Å²) in [5, 5.41) is 10.8. The topological polar surface area (TPSA) is 203 Å². The number of thioether (sulfide) groups is 1. The summed E-state index contributed by atoms with van der Waals surface area (Å²) in [6, 6.07) is 4.75. The predicted molar refractivity (Wildman–Crippen MR) is 108 cm³/mol. The minimum atomic E-state index is -4.61. The molecule has 2 aromatic heterocycles. The van der Waals surface area contributed by atoms with Crippen LogP contribution in [0.1, 0.15) is 5.69 Å². The third kappa shape index (κ3) is 8.62. The van der Waals surface area contributed by atoms with Gasteiger partial charge in [-0.05, 0) is 31.2 Å². The Hall–Kier alpha value is -0.440. The van der Waals surface area contributed by atoms with Crippen molar-refractivity contribution in [3.05, 3.63) is 40.3 Å². The first-order valence-corrected chi connectivity index (χ1v) is 12.9. The van der Waals surface area contributed by atoms with E-state index < -0.39 is 36.4 Å². The molecule has 0 fully saturated rings. The van der Waals surface area contributed by atoms with E-state index in [9.17, 15) is 30.7 Å². The van der Waals surface area contributed by atoms with Crippen LogP contribution in [-0.2, 0) is 20.2 Å². The Morgan fingerprint density at radius 2 is 1.76 bits per heavy atom. The summed E-state index contributed by atoms with van der Waals surface area (Å²) in [4.78, 5) is 16.2. The van der Waals surface area contributed by atoms with Gasteiger partial charge in [-0.15, -0.1) is 10.2 Å². The predicted octanol–water partition coefficient (Wildman–Crippen LogP) is -4.71. The van der Waals surface area contributed by atoms with Gasteiger partial charge in [-0.25, -0.2) is 21.5 Å². The minimum absolute atomic E-state index is 0. The molecule has 0 radical (unpaired) electrons. The standard InChI is InChI=1S/C14H14N6O7S4.2Na/c1-8-11(16-17-13-15-14(19-29-13)28-6-7-30(22,23)24)12(21)20(18-8)9-2-4-10(5-3-9)31(25,26)27;;/h2-5,18H,6-7H2,1H3,(H,22,23,24)(H,25,26,27);;/q;2*+1/p-2. The molecule has 3 rings (SSSR count).